The minimum Gasteiger partial charge on any atom is -0.396 e. The first-order valence-corrected chi connectivity index (χ1v) is 5.40. The Hall–Kier alpha value is -2.55. The summed E-state index contributed by atoms with van der Waals surface area (Å²) in [6, 6.07) is 6.28. The number of nitrogen functional groups attached to an aromatic ring is 1. The minimum absolute atomic E-state index is 0.103. The summed E-state index contributed by atoms with van der Waals surface area (Å²) in [5.41, 5.74) is 6.91. The zero-order valence-electron chi connectivity index (χ0n) is 9.80. The minimum atomic E-state index is -0.612. The number of para-hydroxylation sites is 1. The molecule has 3 N–H and O–H groups in total. The number of likely N-dealkylation sites (N-methyl/N-ethyl adjacent to an activating group) is 1. The molecule has 1 aromatic carbocycles. The summed E-state index contributed by atoms with van der Waals surface area (Å²) in [7, 11) is 1.45. The average molecular weight is 244 g/mol. The van der Waals surface area contributed by atoms with Crippen LogP contribution < -0.4 is 11.1 Å². The van der Waals surface area contributed by atoms with Crippen LogP contribution in [0.15, 0.2) is 18.2 Å². The summed E-state index contributed by atoms with van der Waals surface area (Å²) in [5.74, 6) is -0.519. The molecular weight excluding hydrogens is 232 g/mol. The van der Waals surface area contributed by atoms with Crippen molar-refractivity contribution < 1.29 is 9.59 Å². The van der Waals surface area contributed by atoms with Crippen molar-refractivity contribution in [3.63, 3.8) is 0 Å². The number of anilines is 2. The lowest BCUT2D eigenvalue weighted by atomic mass is 10.1. The van der Waals surface area contributed by atoms with Gasteiger partial charge in [-0.25, -0.2) is 0 Å². The van der Waals surface area contributed by atoms with Gasteiger partial charge in [0.15, 0.2) is 0 Å². The van der Waals surface area contributed by atoms with E-state index in [1.54, 1.807) is 18.2 Å². The topological polar surface area (TPSA) is 99.2 Å². The number of benzene rings is 1. The van der Waals surface area contributed by atoms with E-state index in [1.807, 2.05) is 6.07 Å². The van der Waals surface area contributed by atoms with Crippen LogP contribution in [0.1, 0.15) is 12.0 Å². The molecule has 18 heavy (non-hydrogen) atoms. The predicted octanol–water partition coefficient (Wildman–Crippen LogP) is 0.310. The van der Waals surface area contributed by atoms with Crippen molar-refractivity contribution in [3.8, 4) is 6.07 Å². The van der Waals surface area contributed by atoms with E-state index in [2.05, 4.69) is 5.32 Å². The molecule has 0 saturated carbocycles. The third kappa shape index (κ3) is 1.86. The predicted molar refractivity (Wildman–Crippen MR) is 65.4 cm³/mol. The lowest BCUT2D eigenvalue weighted by Gasteiger charge is -2.14. The van der Waals surface area contributed by atoms with E-state index < -0.39 is 6.04 Å². The Balaban J connectivity index is 2.24. The van der Waals surface area contributed by atoms with Crippen LogP contribution in [0.4, 0.5) is 11.4 Å². The first-order valence-electron chi connectivity index (χ1n) is 5.40. The van der Waals surface area contributed by atoms with Crippen molar-refractivity contribution in [2.24, 2.45) is 0 Å². The fourth-order valence-electron chi connectivity index (χ4n) is 1.84. The van der Waals surface area contributed by atoms with Gasteiger partial charge in [-0.05, 0) is 12.1 Å². The third-order valence-electron chi connectivity index (χ3n) is 2.94. The second kappa shape index (κ2) is 4.37. The monoisotopic (exact) mass is 244 g/mol. The van der Waals surface area contributed by atoms with Crippen molar-refractivity contribution in [2.75, 3.05) is 18.1 Å². The number of carbonyl (C=O) groups excluding carboxylic acids is 2. The van der Waals surface area contributed by atoms with Crippen LogP contribution in [-0.4, -0.2) is 29.8 Å². The molecule has 1 fully saturated rings. The van der Waals surface area contributed by atoms with Crippen LogP contribution in [0.2, 0.25) is 0 Å². The number of amides is 2. The third-order valence-corrected chi connectivity index (χ3v) is 2.94. The zero-order valence-corrected chi connectivity index (χ0v) is 9.80. The maximum Gasteiger partial charge on any atom is 0.251 e. The first-order chi connectivity index (χ1) is 8.54. The lowest BCUT2D eigenvalue weighted by Crippen LogP contribution is -2.32. The van der Waals surface area contributed by atoms with Gasteiger partial charge in [0.05, 0.1) is 23.4 Å². The number of rotatable bonds is 2. The molecule has 1 aromatic rings. The molecule has 6 nitrogen and oxygen atoms in total. The summed E-state index contributed by atoms with van der Waals surface area (Å²) < 4.78 is 0. The van der Waals surface area contributed by atoms with Crippen LogP contribution in [-0.2, 0) is 9.59 Å². The Bertz CT molecular complexity index is 562. The molecule has 1 unspecified atom stereocenters. The van der Waals surface area contributed by atoms with Crippen molar-refractivity contribution in [3.05, 3.63) is 23.8 Å². The SMILES string of the molecule is CN1C(=O)CC(Nc2cccc(C#N)c2N)C1=O. The van der Waals surface area contributed by atoms with Gasteiger partial charge in [-0.3, -0.25) is 14.5 Å². The first kappa shape index (κ1) is 11.9. The second-order valence-electron chi connectivity index (χ2n) is 4.07. The molecule has 92 valence electrons. The Labute approximate surface area is 104 Å². The van der Waals surface area contributed by atoms with Gasteiger partial charge in [-0.1, -0.05) is 6.07 Å². The van der Waals surface area contributed by atoms with E-state index in [4.69, 9.17) is 11.0 Å². The number of likely N-dealkylation sites (tertiary alicyclic amines) is 1. The fraction of sp³-hybridized carbons (Fsp3) is 0.250. The number of nitrogens with two attached hydrogens (primary N) is 1. The highest BCUT2D eigenvalue weighted by atomic mass is 16.2. The molecule has 1 aliphatic heterocycles. The number of carbonyl (C=O) groups is 2. The van der Waals surface area contributed by atoms with Crippen molar-refractivity contribution >= 4 is 23.2 Å². The highest BCUT2D eigenvalue weighted by Crippen LogP contribution is 2.25. The molecule has 2 amide bonds. The molecular formula is C12H12N4O2. The number of hydrogen-bond donors (Lipinski definition) is 2. The van der Waals surface area contributed by atoms with E-state index in [-0.39, 0.29) is 23.9 Å². The molecule has 0 radical (unpaired) electrons. The standard InChI is InChI=1S/C12H12N4O2/c1-16-10(17)5-9(12(16)18)15-8-4-2-3-7(6-13)11(8)14/h2-4,9,15H,5,14H2,1H3. The fourth-order valence-corrected chi connectivity index (χ4v) is 1.84. The maximum atomic E-state index is 11.7. The normalized spacial score (nSPS) is 18.9. The lowest BCUT2D eigenvalue weighted by molar-refractivity contribution is -0.136. The van der Waals surface area contributed by atoms with E-state index in [0.717, 1.165) is 4.90 Å². The van der Waals surface area contributed by atoms with Gasteiger partial charge in [0.2, 0.25) is 5.91 Å². The molecule has 1 heterocycles. The van der Waals surface area contributed by atoms with Gasteiger partial charge in [-0.15, -0.1) is 0 Å². The van der Waals surface area contributed by atoms with Crippen LogP contribution in [0.25, 0.3) is 0 Å². The van der Waals surface area contributed by atoms with E-state index in [0.29, 0.717) is 11.3 Å². The molecule has 6 heteroatoms. The Morgan fingerprint density at radius 1 is 1.50 bits per heavy atom. The van der Waals surface area contributed by atoms with Crippen molar-refractivity contribution in [1.82, 2.24) is 4.90 Å². The molecule has 0 aromatic heterocycles. The van der Waals surface area contributed by atoms with Gasteiger partial charge in [0.25, 0.3) is 5.91 Å². The van der Waals surface area contributed by atoms with Crippen LogP contribution in [0, 0.1) is 11.3 Å². The Morgan fingerprint density at radius 2 is 2.22 bits per heavy atom. The largest absolute Gasteiger partial charge is 0.396 e. The van der Waals surface area contributed by atoms with Crippen LogP contribution in [0.5, 0.6) is 0 Å². The van der Waals surface area contributed by atoms with Crippen LogP contribution >= 0.6 is 0 Å². The number of nitriles is 1. The summed E-state index contributed by atoms with van der Waals surface area (Å²) in [5, 5.41) is 11.8. The number of imide groups is 1. The number of hydrogen-bond acceptors (Lipinski definition) is 5. The molecule has 2 rings (SSSR count). The second-order valence-corrected chi connectivity index (χ2v) is 4.07. The van der Waals surface area contributed by atoms with Crippen molar-refractivity contribution in [1.29, 1.82) is 5.26 Å². The molecule has 0 aliphatic carbocycles. The highest BCUT2D eigenvalue weighted by molar-refractivity contribution is 6.06. The molecule has 1 aliphatic rings. The Morgan fingerprint density at radius 3 is 2.78 bits per heavy atom. The van der Waals surface area contributed by atoms with Gasteiger partial charge >= 0.3 is 0 Å². The van der Waals surface area contributed by atoms with Crippen molar-refractivity contribution in [2.45, 2.75) is 12.5 Å². The van der Waals surface area contributed by atoms with Gasteiger partial charge in [-0.2, -0.15) is 5.26 Å². The zero-order chi connectivity index (χ0) is 13.3. The number of nitrogens with one attached hydrogen (secondary N) is 1. The van der Waals surface area contributed by atoms with Gasteiger partial charge in [0.1, 0.15) is 12.1 Å². The van der Waals surface area contributed by atoms with E-state index in [9.17, 15) is 9.59 Å². The molecule has 1 saturated heterocycles. The maximum absolute atomic E-state index is 11.7. The summed E-state index contributed by atoms with van der Waals surface area (Å²) in [6.45, 7) is 0. The molecule has 1 atom stereocenters. The van der Waals surface area contributed by atoms with E-state index >= 15 is 0 Å². The quantitative estimate of drug-likeness (QED) is 0.576. The summed E-state index contributed by atoms with van der Waals surface area (Å²) in [4.78, 5) is 24.2. The molecule has 0 bridgehead atoms. The molecule has 0 spiro atoms. The van der Waals surface area contributed by atoms with Crippen LogP contribution in [0.3, 0.4) is 0 Å². The average Bonchev–Trinajstić information content (AvgIpc) is 2.60. The van der Waals surface area contributed by atoms with Gasteiger partial charge in [0, 0.05) is 7.05 Å². The Kier molecular flexibility index (Phi) is 2.90. The smallest absolute Gasteiger partial charge is 0.251 e. The number of nitrogens with zero attached hydrogens (tertiary/aromatic N) is 2. The van der Waals surface area contributed by atoms with E-state index in [1.165, 1.54) is 7.05 Å². The van der Waals surface area contributed by atoms with Gasteiger partial charge < -0.3 is 11.1 Å². The summed E-state index contributed by atoms with van der Waals surface area (Å²) >= 11 is 0. The highest BCUT2D eigenvalue weighted by Gasteiger charge is 2.36. The summed E-state index contributed by atoms with van der Waals surface area (Å²) in [6.07, 6.45) is 0.103.